The first-order valence-electron chi connectivity index (χ1n) is 8.29. The zero-order valence-corrected chi connectivity index (χ0v) is 15.4. The average molecular weight is 372 g/mol. The maximum atomic E-state index is 12.5. The second kappa shape index (κ2) is 7.29. The lowest BCUT2D eigenvalue weighted by molar-refractivity contribution is -0.147. The Kier molecular flexibility index (Phi) is 5.08. The molecule has 7 heteroatoms. The number of ether oxygens (including phenoxy) is 1. The lowest BCUT2D eigenvalue weighted by atomic mass is 10.1. The van der Waals surface area contributed by atoms with Gasteiger partial charge in [-0.3, -0.25) is 9.71 Å². The van der Waals surface area contributed by atoms with Crippen LogP contribution in [0.4, 0.5) is 0 Å². The van der Waals surface area contributed by atoms with Crippen molar-refractivity contribution in [2.75, 3.05) is 0 Å². The Bertz CT molecular complexity index is 937. The summed E-state index contributed by atoms with van der Waals surface area (Å²) in [5.74, 6) is -0.459. The fraction of sp³-hybridized carbons (Fsp3) is 0.263. The van der Waals surface area contributed by atoms with Gasteiger partial charge in [-0.2, -0.15) is 0 Å². The summed E-state index contributed by atoms with van der Waals surface area (Å²) in [6, 6.07) is 15.1. The van der Waals surface area contributed by atoms with Crippen LogP contribution in [-0.2, 0) is 26.2 Å². The highest BCUT2D eigenvalue weighted by Gasteiger charge is 2.33. The van der Waals surface area contributed by atoms with Crippen LogP contribution in [0.5, 0.6) is 0 Å². The number of aliphatic imine (C=N–C) groups is 1. The lowest BCUT2D eigenvalue weighted by Gasteiger charge is -2.16. The minimum atomic E-state index is -3.64. The summed E-state index contributed by atoms with van der Waals surface area (Å²) >= 11 is 0. The van der Waals surface area contributed by atoms with Crippen LogP contribution >= 0.6 is 0 Å². The number of fused-ring (bicyclic) bond motifs is 1. The summed E-state index contributed by atoms with van der Waals surface area (Å²) in [4.78, 5) is 17.1. The van der Waals surface area contributed by atoms with Crippen LogP contribution in [0.2, 0.25) is 0 Å². The predicted octanol–water partition coefficient (Wildman–Crippen LogP) is 2.49. The second-order valence-electron chi connectivity index (χ2n) is 6.36. The van der Waals surface area contributed by atoms with E-state index >= 15 is 0 Å². The number of rotatable bonds is 5. The number of carbonyl (C=O) groups excluding carboxylic acids is 1. The SMILES string of the molecule is CC(C)[C@H](N=C1NS(=O)(=O)c2ccccc21)C(=O)OCc1ccccc1. The molecule has 0 unspecified atom stereocenters. The van der Waals surface area contributed by atoms with Gasteiger partial charge >= 0.3 is 5.97 Å². The summed E-state index contributed by atoms with van der Waals surface area (Å²) in [5.41, 5.74) is 1.34. The summed E-state index contributed by atoms with van der Waals surface area (Å²) in [6.45, 7) is 3.83. The van der Waals surface area contributed by atoms with E-state index in [4.69, 9.17) is 4.74 Å². The van der Waals surface area contributed by atoms with Crippen LogP contribution < -0.4 is 4.72 Å². The van der Waals surface area contributed by atoms with Crippen molar-refractivity contribution in [1.82, 2.24) is 4.72 Å². The molecular formula is C19H20N2O4S. The van der Waals surface area contributed by atoms with E-state index in [0.717, 1.165) is 5.56 Å². The molecule has 0 bridgehead atoms. The van der Waals surface area contributed by atoms with Gasteiger partial charge in [-0.25, -0.2) is 13.2 Å². The van der Waals surface area contributed by atoms with Crippen molar-refractivity contribution >= 4 is 21.8 Å². The van der Waals surface area contributed by atoms with Crippen LogP contribution in [-0.4, -0.2) is 26.3 Å². The zero-order valence-electron chi connectivity index (χ0n) is 14.5. The first-order valence-corrected chi connectivity index (χ1v) is 9.77. The Morgan fingerprint density at radius 1 is 1.08 bits per heavy atom. The topological polar surface area (TPSA) is 84.8 Å². The van der Waals surface area contributed by atoms with E-state index in [1.165, 1.54) is 6.07 Å². The normalized spacial score (nSPS) is 17.6. The van der Waals surface area contributed by atoms with Crippen molar-refractivity contribution < 1.29 is 17.9 Å². The molecule has 6 nitrogen and oxygen atoms in total. The molecule has 0 amide bonds. The van der Waals surface area contributed by atoms with Crippen LogP contribution in [0, 0.1) is 5.92 Å². The number of hydrogen-bond acceptors (Lipinski definition) is 5. The van der Waals surface area contributed by atoms with Gasteiger partial charge in [0.05, 0.1) is 4.90 Å². The number of nitrogens with one attached hydrogen (secondary N) is 1. The minimum Gasteiger partial charge on any atom is -0.459 e. The summed E-state index contributed by atoms with van der Waals surface area (Å²) in [6.07, 6.45) is 0. The summed E-state index contributed by atoms with van der Waals surface area (Å²) in [7, 11) is -3.64. The van der Waals surface area contributed by atoms with Gasteiger partial charge in [0.1, 0.15) is 12.4 Å². The number of nitrogens with zero attached hydrogens (tertiary/aromatic N) is 1. The molecule has 1 heterocycles. The predicted molar refractivity (Wildman–Crippen MR) is 98.2 cm³/mol. The Hall–Kier alpha value is -2.67. The number of carbonyl (C=O) groups is 1. The second-order valence-corrected chi connectivity index (χ2v) is 8.01. The van der Waals surface area contributed by atoms with Crippen molar-refractivity contribution in [2.45, 2.75) is 31.4 Å². The van der Waals surface area contributed by atoms with Gasteiger partial charge < -0.3 is 4.74 Å². The third-order valence-corrected chi connectivity index (χ3v) is 5.42. The fourth-order valence-electron chi connectivity index (χ4n) is 2.66. The monoisotopic (exact) mass is 372 g/mol. The molecule has 0 saturated carbocycles. The molecule has 1 atom stereocenters. The van der Waals surface area contributed by atoms with Gasteiger partial charge in [0.2, 0.25) is 0 Å². The lowest BCUT2D eigenvalue weighted by Crippen LogP contribution is -2.31. The van der Waals surface area contributed by atoms with Crippen molar-refractivity contribution in [3.63, 3.8) is 0 Å². The molecule has 1 aliphatic heterocycles. The molecule has 2 aromatic carbocycles. The maximum Gasteiger partial charge on any atom is 0.331 e. The summed E-state index contributed by atoms with van der Waals surface area (Å²) < 4.78 is 32.2. The highest BCUT2D eigenvalue weighted by atomic mass is 32.2. The molecule has 1 aliphatic rings. The van der Waals surface area contributed by atoms with Crippen LogP contribution in [0.15, 0.2) is 64.5 Å². The van der Waals surface area contributed by atoms with E-state index in [9.17, 15) is 13.2 Å². The van der Waals surface area contributed by atoms with Gasteiger partial charge in [-0.05, 0) is 23.6 Å². The third kappa shape index (κ3) is 3.77. The first-order chi connectivity index (χ1) is 12.4. The Labute approximate surface area is 153 Å². The highest BCUT2D eigenvalue weighted by Crippen LogP contribution is 2.23. The molecule has 0 spiro atoms. The molecule has 26 heavy (non-hydrogen) atoms. The van der Waals surface area contributed by atoms with Gasteiger partial charge in [0.25, 0.3) is 10.0 Å². The van der Waals surface area contributed by atoms with E-state index in [-0.39, 0.29) is 23.3 Å². The van der Waals surface area contributed by atoms with Crippen LogP contribution in [0.25, 0.3) is 0 Å². The van der Waals surface area contributed by atoms with Crippen molar-refractivity contribution in [3.05, 3.63) is 65.7 Å². The van der Waals surface area contributed by atoms with E-state index in [1.54, 1.807) is 18.2 Å². The molecule has 2 aromatic rings. The fourth-order valence-corrected chi connectivity index (χ4v) is 3.90. The Morgan fingerprint density at radius 3 is 2.42 bits per heavy atom. The van der Waals surface area contributed by atoms with E-state index in [2.05, 4.69) is 9.71 Å². The molecule has 0 radical (unpaired) electrons. The number of sulfonamides is 1. The first kappa shape index (κ1) is 18.1. The molecule has 0 fully saturated rings. The third-order valence-electron chi connectivity index (χ3n) is 4.03. The van der Waals surface area contributed by atoms with E-state index in [0.29, 0.717) is 5.56 Å². The van der Waals surface area contributed by atoms with Crippen molar-refractivity contribution in [2.24, 2.45) is 10.9 Å². The molecule has 3 rings (SSSR count). The smallest absolute Gasteiger partial charge is 0.331 e. The van der Waals surface area contributed by atoms with Crippen molar-refractivity contribution in [3.8, 4) is 0 Å². The number of benzene rings is 2. The van der Waals surface area contributed by atoms with Crippen molar-refractivity contribution in [1.29, 1.82) is 0 Å². The van der Waals surface area contributed by atoms with Gasteiger partial charge in [0.15, 0.2) is 6.04 Å². The largest absolute Gasteiger partial charge is 0.459 e. The zero-order chi connectivity index (χ0) is 18.7. The molecule has 136 valence electrons. The van der Waals surface area contributed by atoms with Crippen LogP contribution in [0.1, 0.15) is 25.0 Å². The quantitative estimate of drug-likeness (QED) is 0.817. The number of amidine groups is 1. The van der Waals surface area contributed by atoms with Gasteiger partial charge in [-0.15, -0.1) is 0 Å². The number of hydrogen-bond donors (Lipinski definition) is 1. The molecule has 0 aliphatic carbocycles. The molecule has 1 N–H and O–H groups in total. The Morgan fingerprint density at radius 2 is 1.73 bits per heavy atom. The molecular weight excluding hydrogens is 352 g/mol. The van der Waals surface area contributed by atoms with Gasteiger partial charge in [0, 0.05) is 5.56 Å². The summed E-state index contributed by atoms with van der Waals surface area (Å²) in [5, 5.41) is 0. The standard InChI is InChI=1S/C19H20N2O4S/c1-13(2)17(19(22)25-12-14-8-4-3-5-9-14)20-18-15-10-6-7-11-16(15)26(23,24)21-18/h3-11,13,17H,12H2,1-2H3,(H,20,21)/t17-/m0/s1. The maximum absolute atomic E-state index is 12.5. The Balaban J connectivity index is 1.83. The molecule has 0 saturated heterocycles. The minimum absolute atomic E-state index is 0.149. The highest BCUT2D eigenvalue weighted by molar-refractivity contribution is 7.90. The van der Waals surface area contributed by atoms with Crippen LogP contribution in [0.3, 0.4) is 0 Å². The van der Waals surface area contributed by atoms with E-state index in [1.807, 2.05) is 44.2 Å². The number of esters is 1. The van der Waals surface area contributed by atoms with E-state index < -0.39 is 22.0 Å². The average Bonchev–Trinajstić information content (AvgIpc) is 2.89. The molecule has 0 aromatic heterocycles. The van der Waals surface area contributed by atoms with Gasteiger partial charge in [-0.1, -0.05) is 56.3 Å².